The van der Waals surface area contributed by atoms with Crippen LogP contribution < -0.4 is 0 Å². The van der Waals surface area contributed by atoms with E-state index in [2.05, 4.69) is 62.1 Å². The second-order valence-corrected chi connectivity index (χ2v) is 5.75. The average Bonchev–Trinajstić information content (AvgIpc) is 2.53. The van der Waals surface area contributed by atoms with Crippen LogP contribution in [0.2, 0.25) is 0 Å². The number of rotatable bonds is 1. The van der Waals surface area contributed by atoms with Crippen LogP contribution in [0.15, 0.2) is 22.0 Å². The highest BCUT2D eigenvalue weighted by molar-refractivity contribution is 14.1. The summed E-state index contributed by atoms with van der Waals surface area (Å²) >= 11 is 7.50. The monoisotopic (exact) mass is 377 g/mol. The minimum absolute atomic E-state index is 0.477. The highest BCUT2D eigenvalue weighted by Gasteiger charge is 2.09. The maximum Gasteiger partial charge on any atom is 0.0670 e. The molecule has 0 fully saturated rings. The van der Waals surface area contributed by atoms with E-state index in [9.17, 15) is 0 Å². The fourth-order valence-corrected chi connectivity index (χ4v) is 3.74. The third-order valence-electron chi connectivity index (χ3n) is 2.00. The zero-order chi connectivity index (χ0) is 10.1. The van der Waals surface area contributed by atoms with E-state index in [4.69, 9.17) is 5.26 Å². The lowest BCUT2D eigenvalue weighted by Crippen LogP contribution is -1.87. The molecule has 14 heavy (non-hydrogen) atoms. The van der Waals surface area contributed by atoms with Gasteiger partial charge in [-0.25, -0.2) is 0 Å². The molecule has 0 radical (unpaired) electrons. The number of nitrogens with zero attached hydrogens (tertiary/aromatic N) is 1. The van der Waals surface area contributed by atoms with Gasteiger partial charge in [-0.1, -0.05) is 0 Å². The Morgan fingerprint density at radius 3 is 3.00 bits per heavy atom. The van der Waals surface area contributed by atoms with Crippen molar-refractivity contribution in [3.05, 3.63) is 31.1 Å². The van der Waals surface area contributed by atoms with Crippen LogP contribution in [0.25, 0.3) is 10.1 Å². The van der Waals surface area contributed by atoms with E-state index in [1.165, 1.54) is 10.1 Å². The van der Waals surface area contributed by atoms with Crippen LogP contribution in [0.4, 0.5) is 0 Å². The van der Waals surface area contributed by atoms with E-state index >= 15 is 0 Å². The molecule has 0 aliphatic rings. The molecule has 1 aromatic heterocycles. The van der Waals surface area contributed by atoms with Crippen molar-refractivity contribution in [2.75, 3.05) is 0 Å². The SMILES string of the molecule is N#CCc1c(I)ccc2scc(Br)c12. The molecule has 0 saturated carbocycles. The second-order valence-electron chi connectivity index (χ2n) is 2.82. The van der Waals surface area contributed by atoms with E-state index in [0.717, 1.165) is 13.6 Å². The number of fused-ring (bicyclic) bond motifs is 1. The van der Waals surface area contributed by atoms with Crippen molar-refractivity contribution in [1.29, 1.82) is 5.26 Å². The van der Waals surface area contributed by atoms with Crippen LogP contribution in [-0.4, -0.2) is 0 Å². The van der Waals surface area contributed by atoms with Gasteiger partial charge in [0.15, 0.2) is 0 Å². The third-order valence-corrected chi connectivity index (χ3v) is 4.89. The Morgan fingerprint density at radius 2 is 2.29 bits per heavy atom. The first-order valence-electron chi connectivity index (χ1n) is 3.95. The maximum atomic E-state index is 8.77. The first kappa shape index (κ1) is 10.4. The van der Waals surface area contributed by atoms with E-state index in [-0.39, 0.29) is 0 Å². The van der Waals surface area contributed by atoms with Gasteiger partial charge in [0.2, 0.25) is 0 Å². The van der Waals surface area contributed by atoms with Crippen molar-refractivity contribution >= 4 is 59.9 Å². The summed E-state index contributed by atoms with van der Waals surface area (Å²) in [5, 5.41) is 12.0. The summed E-state index contributed by atoms with van der Waals surface area (Å²) in [6.45, 7) is 0. The van der Waals surface area contributed by atoms with Gasteiger partial charge in [-0.3, -0.25) is 0 Å². The Balaban J connectivity index is 2.81. The fourth-order valence-electron chi connectivity index (χ4n) is 1.39. The highest BCUT2D eigenvalue weighted by Crippen LogP contribution is 2.35. The Hall–Kier alpha value is -0.120. The zero-order valence-electron chi connectivity index (χ0n) is 7.05. The zero-order valence-corrected chi connectivity index (χ0v) is 11.6. The van der Waals surface area contributed by atoms with Crippen molar-refractivity contribution in [2.24, 2.45) is 0 Å². The highest BCUT2D eigenvalue weighted by atomic mass is 127. The van der Waals surface area contributed by atoms with Gasteiger partial charge in [0.25, 0.3) is 0 Å². The van der Waals surface area contributed by atoms with Crippen LogP contribution >= 0.6 is 49.9 Å². The van der Waals surface area contributed by atoms with Gasteiger partial charge in [-0.15, -0.1) is 11.3 Å². The lowest BCUT2D eigenvalue weighted by molar-refractivity contribution is 1.27. The smallest absolute Gasteiger partial charge is 0.0670 e. The normalized spacial score (nSPS) is 10.4. The van der Waals surface area contributed by atoms with Crippen LogP contribution in [0.3, 0.4) is 0 Å². The molecule has 0 unspecified atom stereocenters. The van der Waals surface area contributed by atoms with Crippen LogP contribution in [0.5, 0.6) is 0 Å². The molecule has 0 N–H and O–H groups in total. The molecule has 1 heterocycles. The summed E-state index contributed by atoms with van der Waals surface area (Å²) in [5.41, 5.74) is 1.14. The summed E-state index contributed by atoms with van der Waals surface area (Å²) in [7, 11) is 0. The predicted octanol–water partition coefficient (Wildman–Crippen LogP) is 4.33. The second kappa shape index (κ2) is 4.17. The molecule has 1 aromatic carbocycles. The van der Waals surface area contributed by atoms with Gasteiger partial charge in [0.1, 0.15) is 0 Å². The summed E-state index contributed by atoms with van der Waals surface area (Å²) in [6.07, 6.45) is 0.477. The molecule has 0 atom stereocenters. The summed E-state index contributed by atoms with van der Waals surface area (Å²) in [5.74, 6) is 0. The van der Waals surface area contributed by atoms with Gasteiger partial charge in [-0.05, 0) is 56.2 Å². The predicted molar refractivity (Wildman–Crippen MR) is 71.6 cm³/mol. The molecular formula is C10H5BrINS. The van der Waals surface area contributed by atoms with Crippen molar-refractivity contribution in [3.8, 4) is 6.07 Å². The molecule has 0 amide bonds. The quantitative estimate of drug-likeness (QED) is 0.678. The first-order chi connectivity index (χ1) is 6.74. The van der Waals surface area contributed by atoms with Gasteiger partial charge < -0.3 is 0 Å². The summed E-state index contributed by atoms with van der Waals surface area (Å²) in [6, 6.07) is 6.39. The number of benzene rings is 1. The summed E-state index contributed by atoms with van der Waals surface area (Å²) in [4.78, 5) is 0. The number of nitriles is 1. The number of thiophene rings is 1. The molecule has 70 valence electrons. The van der Waals surface area contributed by atoms with Crippen LogP contribution in [0.1, 0.15) is 5.56 Å². The fraction of sp³-hybridized carbons (Fsp3) is 0.100. The van der Waals surface area contributed by atoms with Crippen molar-refractivity contribution in [2.45, 2.75) is 6.42 Å². The van der Waals surface area contributed by atoms with Crippen molar-refractivity contribution < 1.29 is 0 Å². The molecule has 2 aromatic rings. The molecule has 0 saturated heterocycles. The van der Waals surface area contributed by atoms with Gasteiger partial charge in [-0.2, -0.15) is 5.26 Å². The van der Waals surface area contributed by atoms with E-state index in [0.29, 0.717) is 6.42 Å². The Bertz CT molecular complexity index is 527. The Kier molecular flexibility index (Phi) is 3.10. The Morgan fingerprint density at radius 1 is 1.50 bits per heavy atom. The van der Waals surface area contributed by atoms with Crippen LogP contribution in [-0.2, 0) is 6.42 Å². The van der Waals surface area contributed by atoms with Crippen LogP contribution in [0, 0.1) is 14.9 Å². The van der Waals surface area contributed by atoms with E-state index < -0.39 is 0 Å². The first-order valence-corrected chi connectivity index (χ1v) is 6.70. The van der Waals surface area contributed by atoms with E-state index in [1.807, 2.05) is 0 Å². The molecule has 0 aliphatic carbocycles. The molecule has 1 nitrogen and oxygen atoms in total. The lowest BCUT2D eigenvalue weighted by Gasteiger charge is -2.02. The minimum Gasteiger partial charge on any atom is -0.198 e. The topological polar surface area (TPSA) is 23.8 Å². The largest absolute Gasteiger partial charge is 0.198 e. The molecule has 4 heteroatoms. The molecule has 0 spiro atoms. The molecular weight excluding hydrogens is 373 g/mol. The Labute approximate surface area is 108 Å². The van der Waals surface area contributed by atoms with Crippen molar-refractivity contribution in [3.63, 3.8) is 0 Å². The van der Waals surface area contributed by atoms with E-state index in [1.54, 1.807) is 11.3 Å². The van der Waals surface area contributed by atoms with Gasteiger partial charge >= 0.3 is 0 Å². The molecule has 2 rings (SSSR count). The minimum atomic E-state index is 0.477. The standard InChI is InChI=1S/C10H5BrINS/c11-7-5-14-9-2-1-8(12)6(3-4-13)10(7)9/h1-2,5H,3H2. The summed E-state index contributed by atoms with van der Waals surface area (Å²) < 4.78 is 3.50. The third kappa shape index (κ3) is 1.69. The van der Waals surface area contributed by atoms with Gasteiger partial charge in [0, 0.05) is 23.5 Å². The molecule has 0 aliphatic heterocycles. The van der Waals surface area contributed by atoms with Gasteiger partial charge in [0.05, 0.1) is 12.5 Å². The number of halogens is 2. The number of hydrogen-bond acceptors (Lipinski definition) is 2. The lowest BCUT2D eigenvalue weighted by atomic mass is 10.1. The maximum absolute atomic E-state index is 8.77. The number of hydrogen-bond donors (Lipinski definition) is 0. The van der Waals surface area contributed by atoms with Crippen molar-refractivity contribution in [1.82, 2.24) is 0 Å². The average molecular weight is 378 g/mol. The molecule has 0 bridgehead atoms.